The topological polar surface area (TPSA) is 57.6 Å². The molecule has 1 unspecified atom stereocenters. The molecule has 1 saturated heterocycles. The van der Waals surface area contributed by atoms with E-state index in [1.165, 1.54) is 0 Å². The zero-order valence-electron chi connectivity index (χ0n) is 10.5. The number of hydrogen-bond acceptors (Lipinski definition) is 3. The van der Waals surface area contributed by atoms with Crippen LogP contribution in [0.3, 0.4) is 0 Å². The van der Waals surface area contributed by atoms with Crippen LogP contribution in [0.5, 0.6) is 0 Å². The van der Waals surface area contributed by atoms with Crippen molar-refractivity contribution in [3.05, 3.63) is 22.4 Å². The SMILES string of the molecule is CC(C)(C(=O)N1CCC(C(=O)O)C1)c1cccs1. The van der Waals surface area contributed by atoms with Crippen LogP contribution in [-0.2, 0) is 15.0 Å². The molecule has 1 fully saturated rings. The first kappa shape index (κ1) is 13.1. The van der Waals surface area contributed by atoms with E-state index in [4.69, 9.17) is 5.11 Å². The highest BCUT2D eigenvalue weighted by molar-refractivity contribution is 7.10. The highest BCUT2D eigenvalue weighted by Crippen LogP contribution is 2.31. The van der Waals surface area contributed by atoms with Crippen LogP contribution in [-0.4, -0.2) is 35.0 Å². The Kier molecular flexibility index (Phi) is 3.43. The van der Waals surface area contributed by atoms with Crippen molar-refractivity contribution in [1.82, 2.24) is 4.90 Å². The first-order valence-corrected chi connectivity index (χ1v) is 6.87. The lowest BCUT2D eigenvalue weighted by Crippen LogP contribution is -2.42. The summed E-state index contributed by atoms with van der Waals surface area (Å²) in [5, 5.41) is 10.9. The van der Waals surface area contributed by atoms with Gasteiger partial charge in [0.25, 0.3) is 0 Å². The molecule has 4 nitrogen and oxygen atoms in total. The lowest BCUT2D eigenvalue weighted by molar-refractivity contribution is -0.141. The van der Waals surface area contributed by atoms with Gasteiger partial charge in [-0.15, -0.1) is 11.3 Å². The highest BCUT2D eigenvalue weighted by Gasteiger charge is 2.39. The number of thiophene rings is 1. The van der Waals surface area contributed by atoms with E-state index in [1.807, 2.05) is 31.4 Å². The Morgan fingerprint density at radius 3 is 2.72 bits per heavy atom. The van der Waals surface area contributed by atoms with Crippen molar-refractivity contribution >= 4 is 23.2 Å². The summed E-state index contributed by atoms with van der Waals surface area (Å²) >= 11 is 1.56. The van der Waals surface area contributed by atoms with Crippen LogP contribution in [0.15, 0.2) is 17.5 Å². The van der Waals surface area contributed by atoms with E-state index >= 15 is 0 Å². The average Bonchev–Trinajstić information content (AvgIpc) is 2.99. The summed E-state index contributed by atoms with van der Waals surface area (Å²) < 4.78 is 0. The van der Waals surface area contributed by atoms with Gasteiger partial charge in [-0.3, -0.25) is 9.59 Å². The van der Waals surface area contributed by atoms with Crippen LogP contribution in [0.25, 0.3) is 0 Å². The maximum absolute atomic E-state index is 12.5. The van der Waals surface area contributed by atoms with Crippen molar-refractivity contribution in [3.63, 3.8) is 0 Å². The minimum atomic E-state index is -0.806. The molecule has 1 aromatic heterocycles. The molecule has 1 aromatic rings. The second-order valence-corrected chi connectivity index (χ2v) is 6.12. The van der Waals surface area contributed by atoms with E-state index in [2.05, 4.69) is 0 Å². The third-order valence-corrected chi connectivity index (χ3v) is 4.69. The molecule has 2 rings (SSSR count). The molecule has 1 N–H and O–H groups in total. The van der Waals surface area contributed by atoms with Gasteiger partial charge in [0.15, 0.2) is 0 Å². The van der Waals surface area contributed by atoms with Crippen LogP contribution in [0.2, 0.25) is 0 Å². The fourth-order valence-electron chi connectivity index (χ4n) is 2.28. The number of hydrogen-bond donors (Lipinski definition) is 1. The lowest BCUT2D eigenvalue weighted by Gasteiger charge is -2.28. The monoisotopic (exact) mass is 267 g/mol. The van der Waals surface area contributed by atoms with Crippen molar-refractivity contribution < 1.29 is 14.7 Å². The molecule has 2 heterocycles. The standard InChI is InChI=1S/C13H17NO3S/c1-13(2,10-4-3-7-18-10)12(17)14-6-5-9(8-14)11(15)16/h3-4,7,9H,5-6,8H2,1-2H3,(H,15,16). The minimum absolute atomic E-state index is 0.0219. The Balaban J connectivity index is 2.11. The summed E-state index contributed by atoms with van der Waals surface area (Å²) in [6.07, 6.45) is 0.557. The third-order valence-electron chi connectivity index (χ3n) is 3.50. The molecule has 1 atom stereocenters. The molecule has 0 aliphatic carbocycles. The van der Waals surface area contributed by atoms with Crippen LogP contribution in [0.1, 0.15) is 25.1 Å². The summed E-state index contributed by atoms with van der Waals surface area (Å²) in [6.45, 7) is 4.68. The van der Waals surface area contributed by atoms with E-state index in [9.17, 15) is 9.59 Å². The number of nitrogens with zero attached hydrogens (tertiary/aromatic N) is 1. The molecule has 1 amide bonds. The fourth-order valence-corrected chi connectivity index (χ4v) is 3.12. The Morgan fingerprint density at radius 2 is 2.22 bits per heavy atom. The number of carbonyl (C=O) groups excluding carboxylic acids is 1. The van der Waals surface area contributed by atoms with E-state index in [1.54, 1.807) is 16.2 Å². The van der Waals surface area contributed by atoms with Crippen molar-refractivity contribution in [1.29, 1.82) is 0 Å². The van der Waals surface area contributed by atoms with E-state index in [0.717, 1.165) is 4.88 Å². The summed E-state index contributed by atoms with van der Waals surface area (Å²) in [4.78, 5) is 26.1. The van der Waals surface area contributed by atoms with Gasteiger partial charge >= 0.3 is 5.97 Å². The molecule has 98 valence electrons. The Morgan fingerprint density at radius 1 is 1.50 bits per heavy atom. The van der Waals surface area contributed by atoms with Crippen LogP contribution in [0, 0.1) is 5.92 Å². The van der Waals surface area contributed by atoms with Gasteiger partial charge < -0.3 is 10.0 Å². The van der Waals surface area contributed by atoms with E-state index in [0.29, 0.717) is 19.5 Å². The molecule has 0 radical (unpaired) electrons. The predicted octanol–water partition coefficient (Wildman–Crippen LogP) is 1.96. The molecule has 0 spiro atoms. The van der Waals surface area contributed by atoms with Crippen molar-refractivity contribution in [2.75, 3.05) is 13.1 Å². The van der Waals surface area contributed by atoms with Gasteiger partial charge in [0, 0.05) is 18.0 Å². The Labute approximate surface area is 110 Å². The van der Waals surface area contributed by atoms with Gasteiger partial charge in [-0.1, -0.05) is 6.07 Å². The summed E-state index contributed by atoms with van der Waals surface area (Å²) in [6, 6.07) is 3.88. The third kappa shape index (κ3) is 2.27. The first-order valence-electron chi connectivity index (χ1n) is 5.99. The molecule has 0 bridgehead atoms. The number of aliphatic carboxylic acids is 1. The summed E-state index contributed by atoms with van der Waals surface area (Å²) in [5.41, 5.74) is -0.568. The largest absolute Gasteiger partial charge is 0.481 e. The average molecular weight is 267 g/mol. The molecule has 5 heteroatoms. The van der Waals surface area contributed by atoms with Crippen molar-refractivity contribution in [3.8, 4) is 0 Å². The minimum Gasteiger partial charge on any atom is -0.481 e. The van der Waals surface area contributed by atoms with Crippen LogP contribution >= 0.6 is 11.3 Å². The van der Waals surface area contributed by atoms with Gasteiger partial charge in [-0.2, -0.15) is 0 Å². The number of carboxylic acids is 1. The van der Waals surface area contributed by atoms with Gasteiger partial charge in [0.05, 0.1) is 11.3 Å². The summed E-state index contributed by atoms with van der Waals surface area (Å²) in [5.74, 6) is -1.19. The number of likely N-dealkylation sites (tertiary alicyclic amines) is 1. The number of carboxylic acid groups (broad SMARTS) is 1. The van der Waals surface area contributed by atoms with Crippen molar-refractivity contribution in [2.45, 2.75) is 25.7 Å². The van der Waals surface area contributed by atoms with Crippen LogP contribution < -0.4 is 0 Å². The number of rotatable bonds is 3. The molecule has 0 aromatic carbocycles. The second-order valence-electron chi connectivity index (χ2n) is 5.18. The molecule has 1 aliphatic rings. The highest BCUT2D eigenvalue weighted by atomic mass is 32.1. The quantitative estimate of drug-likeness (QED) is 0.910. The van der Waals surface area contributed by atoms with E-state index in [-0.39, 0.29) is 5.91 Å². The fraction of sp³-hybridized carbons (Fsp3) is 0.538. The van der Waals surface area contributed by atoms with Crippen LogP contribution in [0.4, 0.5) is 0 Å². The smallest absolute Gasteiger partial charge is 0.308 e. The summed E-state index contributed by atoms with van der Waals surface area (Å²) in [7, 11) is 0. The number of amides is 1. The zero-order chi connectivity index (χ0) is 13.3. The maximum atomic E-state index is 12.5. The Hall–Kier alpha value is -1.36. The molecule has 1 aliphatic heterocycles. The lowest BCUT2D eigenvalue weighted by atomic mass is 9.89. The first-order chi connectivity index (χ1) is 8.43. The molecular weight excluding hydrogens is 250 g/mol. The van der Waals surface area contributed by atoms with Crippen molar-refractivity contribution in [2.24, 2.45) is 5.92 Å². The van der Waals surface area contributed by atoms with Gasteiger partial charge in [-0.25, -0.2) is 0 Å². The molecule has 18 heavy (non-hydrogen) atoms. The maximum Gasteiger partial charge on any atom is 0.308 e. The predicted molar refractivity (Wildman–Crippen MR) is 69.7 cm³/mol. The van der Waals surface area contributed by atoms with E-state index < -0.39 is 17.3 Å². The zero-order valence-corrected chi connectivity index (χ0v) is 11.4. The van der Waals surface area contributed by atoms with Gasteiger partial charge in [0.1, 0.15) is 0 Å². The molecule has 0 saturated carbocycles. The van der Waals surface area contributed by atoms with Gasteiger partial charge in [-0.05, 0) is 31.7 Å². The van der Waals surface area contributed by atoms with Gasteiger partial charge in [0.2, 0.25) is 5.91 Å². The second kappa shape index (κ2) is 4.72. The molecular formula is C13H17NO3S. The number of carbonyl (C=O) groups is 2. The Bertz CT molecular complexity index is 453. The normalized spacial score (nSPS) is 20.1.